The molecule has 5 rings (SSSR count). The summed E-state index contributed by atoms with van der Waals surface area (Å²) in [5, 5.41) is 91.0. The number of carbonyl (C=O) groups is 11. The highest BCUT2D eigenvalue weighted by atomic mass is 32.2. The Hall–Kier alpha value is -8.84. The Balaban J connectivity index is 1.35. The Morgan fingerprint density at radius 3 is 1.67 bits per heavy atom. The first kappa shape index (κ1) is 71.9. The number of nitrogens with two attached hydrogens (primary N) is 1. The van der Waals surface area contributed by atoms with Gasteiger partial charge in [-0.25, -0.2) is 4.79 Å². The Morgan fingerprint density at radius 2 is 1.11 bits per heavy atom. The summed E-state index contributed by atoms with van der Waals surface area (Å²) in [7, 11) is 0. The van der Waals surface area contributed by atoms with Crippen molar-refractivity contribution in [2.45, 2.75) is 145 Å². The van der Waals surface area contributed by atoms with E-state index in [0.717, 1.165) is 11.8 Å². The van der Waals surface area contributed by atoms with Gasteiger partial charge in [0, 0.05) is 42.9 Å². The fraction of sp³-hybridized carbons (Fsp3) is 0.483. The van der Waals surface area contributed by atoms with Crippen molar-refractivity contribution >= 4 is 87.8 Å². The van der Waals surface area contributed by atoms with Gasteiger partial charge in [-0.15, -0.1) is 0 Å². The molecule has 3 aromatic carbocycles. The molecule has 29 nitrogen and oxygen atoms in total. The molecule has 11 atom stereocenters. The number of phenols is 2. The molecule has 0 spiro atoms. The second kappa shape index (κ2) is 34.8. The van der Waals surface area contributed by atoms with Crippen LogP contribution in [0.2, 0.25) is 0 Å². The number of benzene rings is 3. The minimum absolute atomic E-state index is 0.0132. The van der Waals surface area contributed by atoms with Crippen LogP contribution in [0.15, 0.2) is 79.0 Å². The third-order valence-corrected chi connectivity index (χ3v) is 15.5. The maximum absolute atomic E-state index is 14.8. The third-order valence-electron chi connectivity index (χ3n) is 14.8. The number of nitrogens with zero attached hydrogens (tertiary/aromatic N) is 1. The second-order valence-corrected chi connectivity index (χ2v) is 23.3. The van der Waals surface area contributed by atoms with Crippen molar-refractivity contribution in [2.75, 3.05) is 31.8 Å². The number of hydrogen-bond donors (Lipinski definition) is 17. The first-order chi connectivity index (χ1) is 42.7. The van der Waals surface area contributed by atoms with Crippen molar-refractivity contribution < 1.29 is 88.5 Å². The molecule has 30 heteroatoms. The normalized spacial score (nSPS) is 16.3. The van der Waals surface area contributed by atoms with E-state index < -0.39 is 158 Å². The molecule has 0 radical (unpaired) electrons. The number of aliphatic carboxylic acids is 2. The number of likely N-dealkylation sites (tertiary alicyclic amines) is 1. The predicted molar refractivity (Wildman–Crippen MR) is 327 cm³/mol. The number of amides is 9. The molecule has 18 N–H and O–H groups in total. The molecule has 2 heterocycles. The number of H-pyrrole nitrogens is 1. The Labute approximate surface area is 522 Å². The van der Waals surface area contributed by atoms with E-state index in [4.69, 9.17) is 5.73 Å². The molecule has 1 saturated heterocycles. The number of aromatic nitrogens is 1. The van der Waals surface area contributed by atoms with Crippen LogP contribution in [0.1, 0.15) is 76.0 Å². The standard InChI is InChI=1S/C60H81N11O18S/c1-31(2)24-43(53(81)69-47(30-73)57(85)70-50(32(3)74)59(87)71-22-7-10-48(71)58(86)63-41(19-20-49(77)78)52(80)64-42(60(88)89)21-23-90-4)65-55(83)45(27-35-28-62-40-9-6-5-8-38(35)40)67-54(82)44(26-34-13-17-37(76)18-14-34)66-56(84)46(29-72)68-51(79)39(61)25-33-11-15-36(75)16-12-33/h5-6,8-9,11-18,28,31-32,39,41-48,50,62,72-76H,7,10,19-27,29-30,61H2,1-4H3,(H,63,86)(H,64,80)(H,65,83)(H,66,84)(H,67,82)(H,68,79)(H,69,81)(H,70,85)(H,77,78)(H,88,89)/t32-,39+,41+,42+,43+,44+,45+,46+,47+,48+,50+/m1/s1. The van der Waals surface area contributed by atoms with Crippen molar-refractivity contribution in [3.63, 3.8) is 0 Å². The Kier molecular flexibility index (Phi) is 27.8. The summed E-state index contributed by atoms with van der Waals surface area (Å²) < 4.78 is 0. The van der Waals surface area contributed by atoms with E-state index in [1.165, 1.54) is 48.2 Å². The minimum Gasteiger partial charge on any atom is -0.508 e. The van der Waals surface area contributed by atoms with E-state index in [0.29, 0.717) is 33.3 Å². The number of aliphatic hydroxyl groups is 3. The molecule has 490 valence electrons. The minimum atomic E-state index is -1.84. The van der Waals surface area contributed by atoms with E-state index in [2.05, 4.69) is 47.5 Å². The number of nitrogens with one attached hydrogen (secondary N) is 9. The molecular formula is C60H81N11O18S. The van der Waals surface area contributed by atoms with Crippen LogP contribution in [-0.2, 0) is 72.0 Å². The number of fused-ring (bicyclic) bond motifs is 1. The molecule has 1 aliphatic heterocycles. The van der Waals surface area contributed by atoms with E-state index in [1.807, 2.05) is 0 Å². The number of rotatable bonds is 35. The van der Waals surface area contributed by atoms with Crippen LogP contribution < -0.4 is 48.3 Å². The SMILES string of the molecule is CSCC[C@H](NC(=O)[C@H](CCC(=O)O)NC(=O)[C@@H]1CCCN1C(=O)[C@@H](NC(=O)[C@H](CO)NC(=O)[C@H](CC(C)C)NC(=O)[C@H](Cc1c[nH]c2ccccc12)NC(=O)[C@H](Cc1ccc(O)cc1)NC(=O)[C@H](CO)NC(=O)[C@@H](N)Cc1ccc(O)cc1)[C@@H](C)O)C(=O)O. The van der Waals surface area contributed by atoms with E-state index >= 15 is 0 Å². The molecule has 0 aliphatic carbocycles. The first-order valence-electron chi connectivity index (χ1n) is 29.2. The van der Waals surface area contributed by atoms with Gasteiger partial charge in [0.1, 0.15) is 65.9 Å². The number of para-hydroxylation sites is 1. The fourth-order valence-corrected chi connectivity index (χ4v) is 10.4. The highest BCUT2D eigenvalue weighted by Crippen LogP contribution is 2.23. The lowest BCUT2D eigenvalue weighted by Crippen LogP contribution is -2.62. The molecule has 1 aromatic heterocycles. The van der Waals surface area contributed by atoms with Crippen molar-refractivity contribution in [1.29, 1.82) is 0 Å². The number of carboxylic acid groups (broad SMARTS) is 2. The second-order valence-electron chi connectivity index (χ2n) is 22.3. The molecule has 1 aliphatic rings. The van der Waals surface area contributed by atoms with Gasteiger partial charge in [0.2, 0.25) is 53.2 Å². The van der Waals surface area contributed by atoms with Gasteiger partial charge in [-0.2, -0.15) is 11.8 Å². The number of aliphatic hydroxyl groups excluding tert-OH is 3. The lowest BCUT2D eigenvalue weighted by Gasteiger charge is -2.32. The number of aromatic amines is 1. The van der Waals surface area contributed by atoms with Gasteiger partial charge in [0.15, 0.2) is 0 Å². The maximum atomic E-state index is 14.8. The number of thioether (sulfide) groups is 1. The molecule has 9 amide bonds. The smallest absolute Gasteiger partial charge is 0.326 e. The molecule has 1 fully saturated rings. The van der Waals surface area contributed by atoms with Gasteiger partial charge in [-0.1, -0.05) is 56.3 Å². The molecule has 0 bridgehead atoms. The summed E-state index contributed by atoms with van der Waals surface area (Å²) in [6.07, 6.45) is 0.279. The van der Waals surface area contributed by atoms with Gasteiger partial charge in [0.25, 0.3) is 0 Å². The molecule has 90 heavy (non-hydrogen) atoms. The Bertz CT molecular complexity index is 3150. The van der Waals surface area contributed by atoms with Gasteiger partial charge >= 0.3 is 11.9 Å². The fourth-order valence-electron chi connectivity index (χ4n) is 9.94. The molecular weight excluding hydrogens is 1190 g/mol. The quantitative estimate of drug-likeness (QED) is 0.0235. The summed E-state index contributed by atoms with van der Waals surface area (Å²) in [5.41, 5.74) is 8.33. The first-order valence-corrected chi connectivity index (χ1v) is 30.6. The van der Waals surface area contributed by atoms with Crippen LogP contribution >= 0.6 is 11.8 Å². The van der Waals surface area contributed by atoms with Crippen molar-refractivity contribution in [1.82, 2.24) is 52.4 Å². The summed E-state index contributed by atoms with van der Waals surface area (Å²) in [4.78, 5) is 154. The molecule has 0 saturated carbocycles. The van der Waals surface area contributed by atoms with Crippen LogP contribution in [0.3, 0.4) is 0 Å². The third kappa shape index (κ3) is 21.4. The summed E-state index contributed by atoms with van der Waals surface area (Å²) in [6, 6.07) is 3.23. The summed E-state index contributed by atoms with van der Waals surface area (Å²) in [6.45, 7) is 2.47. The zero-order valence-electron chi connectivity index (χ0n) is 50.2. The van der Waals surface area contributed by atoms with Gasteiger partial charge in [-0.3, -0.25) is 47.9 Å². The van der Waals surface area contributed by atoms with Crippen molar-refractivity contribution in [3.8, 4) is 11.5 Å². The Morgan fingerprint density at radius 1 is 0.611 bits per heavy atom. The zero-order valence-corrected chi connectivity index (χ0v) is 51.0. The number of phenolic OH excluding ortho intramolecular Hbond substituents is 2. The average Bonchev–Trinajstić information content (AvgIpc) is 2.33. The number of carboxylic acids is 2. The van der Waals surface area contributed by atoms with Gasteiger partial charge in [0.05, 0.1) is 25.4 Å². The zero-order chi connectivity index (χ0) is 66.4. The van der Waals surface area contributed by atoms with Gasteiger partial charge in [-0.05, 0) is 110 Å². The van der Waals surface area contributed by atoms with Crippen molar-refractivity contribution in [2.24, 2.45) is 11.7 Å². The van der Waals surface area contributed by atoms with Gasteiger partial charge < -0.3 is 93.9 Å². The monoisotopic (exact) mass is 1280 g/mol. The van der Waals surface area contributed by atoms with Crippen LogP contribution in [0, 0.1) is 5.92 Å². The number of aromatic hydroxyl groups is 2. The lowest BCUT2D eigenvalue weighted by atomic mass is 9.99. The average molecular weight is 1280 g/mol. The molecule has 0 unspecified atom stereocenters. The van der Waals surface area contributed by atoms with E-state index in [1.54, 1.807) is 62.7 Å². The molecule has 4 aromatic rings. The number of hydrogen-bond acceptors (Lipinski definition) is 18. The highest BCUT2D eigenvalue weighted by Gasteiger charge is 2.42. The maximum Gasteiger partial charge on any atom is 0.326 e. The van der Waals surface area contributed by atoms with E-state index in [-0.39, 0.29) is 68.9 Å². The summed E-state index contributed by atoms with van der Waals surface area (Å²) in [5.74, 6) is -11.6. The summed E-state index contributed by atoms with van der Waals surface area (Å²) >= 11 is 1.32. The topological polar surface area (TPSA) is 471 Å². The van der Waals surface area contributed by atoms with Crippen LogP contribution in [0.5, 0.6) is 11.5 Å². The van der Waals surface area contributed by atoms with Crippen LogP contribution in [0.4, 0.5) is 0 Å². The number of carbonyl (C=O) groups excluding carboxylic acids is 9. The largest absolute Gasteiger partial charge is 0.508 e. The van der Waals surface area contributed by atoms with Crippen LogP contribution in [-0.4, -0.2) is 209 Å². The van der Waals surface area contributed by atoms with Crippen LogP contribution in [0.25, 0.3) is 10.9 Å². The predicted octanol–water partition coefficient (Wildman–Crippen LogP) is -2.08. The lowest BCUT2D eigenvalue weighted by molar-refractivity contribution is -0.145. The highest BCUT2D eigenvalue weighted by molar-refractivity contribution is 7.98. The van der Waals surface area contributed by atoms with E-state index in [9.17, 15) is 88.5 Å². The van der Waals surface area contributed by atoms with Crippen molar-refractivity contribution in [3.05, 3.63) is 95.7 Å².